The Kier molecular flexibility index (Phi) is 5.08. The van der Waals surface area contributed by atoms with Gasteiger partial charge in [-0.2, -0.15) is 0 Å². The molecule has 1 heterocycles. The molecule has 2 amide bonds. The maximum atomic E-state index is 11.4. The summed E-state index contributed by atoms with van der Waals surface area (Å²) < 4.78 is 0. The van der Waals surface area contributed by atoms with Crippen LogP contribution in [0.4, 0.5) is 0 Å². The predicted octanol–water partition coefficient (Wildman–Crippen LogP) is 0.814. The van der Waals surface area contributed by atoms with E-state index < -0.39 is 17.6 Å². The van der Waals surface area contributed by atoms with Crippen LogP contribution in [0.25, 0.3) is 0 Å². The first-order valence-corrected chi connectivity index (χ1v) is 5.94. The molecule has 0 bridgehead atoms. The molecule has 0 fully saturated rings. The van der Waals surface area contributed by atoms with E-state index >= 15 is 0 Å². The Hall–Kier alpha value is -2.34. The number of aliphatic hydroxyl groups is 1. The second kappa shape index (κ2) is 6.55. The number of hydrazine groups is 1. The van der Waals surface area contributed by atoms with E-state index in [1.165, 1.54) is 0 Å². The monoisotopic (exact) mass is 263 g/mol. The highest BCUT2D eigenvalue weighted by Gasteiger charge is 2.33. The van der Waals surface area contributed by atoms with Gasteiger partial charge in [0.15, 0.2) is 5.70 Å². The van der Waals surface area contributed by atoms with E-state index in [9.17, 15) is 14.7 Å². The second-order valence-corrected chi connectivity index (χ2v) is 3.59. The van der Waals surface area contributed by atoms with Crippen molar-refractivity contribution >= 4 is 11.8 Å². The summed E-state index contributed by atoms with van der Waals surface area (Å²) in [6, 6.07) is 9.17. The third-order valence-electron chi connectivity index (χ3n) is 2.36. The van der Waals surface area contributed by atoms with Gasteiger partial charge >= 0.3 is 0 Å². The van der Waals surface area contributed by atoms with Gasteiger partial charge in [-0.25, -0.2) is 5.84 Å². The zero-order valence-electron chi connectivity index (χ0n) is 10.9. The topological polar surface area (TPSA) is 95.7 Å². The van der Waals surface area contributed by atoms with E-state index in [1.807, 2.05) is 49.5 Å². The Morgan fingerprint density at radius 1 is 1.16 bits per heavy atom. The van der Waals surface area contributed by atoms with E-state index in [4.69, 9.17) is 5.84 Å². The molecule has 0 aromatic heterocycles. The van der Waals surface area contributed by atoms with Gasteiger partial charge in [0.25, 0.3) is 11.8 Å². The summed E-state index contributed by atoms with van der Waals surface area (Å²) in [4.78, 5) is 22.4. The van der Waals surface area contributed by atoms with Crippen molar-refractivity contribution in [2.24, 2.45) is 5.84 Å². The molecule has 4 N–H and O–H groups in total. The molecular formula is C13H17N3O3. The average Bonchev–Trinajstić information content (AvgIpc) is 2.67. The Balaban J connectivity index is 0.000000861. The minimum Gasteiger partial charge on any atom is -0.501 e. The number of rotatable bonds is 3. The molecule has 0 aliphatic carbocycles. The summed E-state index contributed by atoms with van der Waals surface area (Å²) >= 11 is 0. The Bertz CT molecular complexity index is 497. The molecule has 0 atom stereocenters. The van der Waals surface area contributed by atoms with Crippen molar-refractivity contribution in [3.05, 3.63) is 47.4 Å². The molecule has 1 aliphatic heterocycles. The molecule has 1 aliphatic rings. The van der Waals surface area contributed by atoms with Gasteiger partial charge in [0.2, 0.25) is 5.76 Å². The highest BCUT2D eigenvalue weighted by atomic mass is 16.3. The van der Waals surface area contributed by atoms with E-state index in [0.717, 1.165) is 10.6 Å². The number of hydrogen-bond donors (Lipinski definition) is 3. The lowest BCUT2D eigenvalue weighted by atomic mass is 10.2. The van der Waals surface area contributed by atoms with Gasteiger partial charge < -0.3 is 5.11 Å². The van der Waals surface area contributed by atoms with Crippen molar-refractivity contribution in [1.82, 2.24) is 10.3 Å². The standard InChI is InChI=1S/C11H11N3O3.C2H6/c12-14(6-7-4-2-1-3-5-7)8-9(15)11(17)13-10(8)16;1-2/h1-5H,6,12H2,(H2,13,15,16,17);1-2H3. The molecule has 0 saturated carbocycles. The number of benzene rings is 1. The maximum Gasteiger partial charge on any atom is 0.295 e. The van der Waals surface area contributed by atoms with Crippen LogP contribution in [0.1, 0.15) is 19.4 Å². The first kappa shape index (κ1) is 14.7. The lowest BCUT2D eigenvalue weighted by Gasteiger charge is -2.17. The minimum absolute atomic E-state index is 0.209. The van der Waals surface area contributed by atoms with Crippen LogP contribution in [0, 0.1) is 0 Å². The molecule has 19 heavy (non-hydrogen) atoms. The number of nitrogens with one attached hydrogen (secondary N) is 1. The normalized spacial score (nSPS) is 13.8. The number of carbonyl (C=O) groups is 2. The lowest BCUT2D eigenvalue weighted by Crippen LogP contribution is -2.35. The SMILES string of the molecule is CC.NN(Cc1ccccc1)C1=C(O)C(=O)NC1=O. The summed E-state index contributed by atoms with van der Waals surface area (Å²) in [7, 11) is 0. The zero-order valence-corrected chi connectivity index (χ0v) is 10.9. The molecule has 2 rings (SSSR count). The smallest absolute Gasteiger partial charge is 0.295 e. The van der Waals surface area contributed by atoms with E-state index in [2.05, 4.69) is 0 Å². The van der Waals surface area contributed by atoms with Crippen LogP contribution in [0.5, 0.6) is 0 Å². The molecule has 6 heteroatoms. The fraction of sp³-hybridized carbons (Fsp3) is 0.231. The second-order valence-electron chi connectivity index (χ2n) is 3.59. The highest BCUT2D eigenvalue weighted by Crippen LogP contribution is 2.14. The summed E-state index contributed by atoms with van der Waals surface area (Å²) in [5.74, 6) is 3.50. The minimum atomic E-state index is -0.825. The summed E-state index contributed by atoms with van der Waals surface area (Å²) in [6.45, 7) is 4.22. The van der Waals surface area contributed by atoms with Crippen LogP contribution in [0.3, 0.4) is 0 Å². The van der Waals surface area contributed by atoms with Gasteiger partial charge in [-0.05, 0) is 5.56 Å². The van der Waals surface area contributed by atoms with Crippen molar-refractivity contribution < 1.29 is 14.7 Å². The van der Waals surface area contributed by atoms with Gasteiger partial charge in [0.05, 0.1) is 6.54 Å². The molecule has 1 aromatic carbocycles. The number of nitrogens with two attached hydrogens (primary N) is 1. The number of hydrogen-bond acceptors (Lipinski definition) is 5. The number of amides is 2. The van der Waals surface area contributed by atoms with Crippen molar-refractivity contribution in [3.63, 3.8) is 0 Å². The molecule has 1 aromatic rings. The number of carbonyl (C=O) groups excluding carboxylic acids is 2. The van der Waals surface area contributed by atoms with Crippen LogP contribution in [0.2, 0.25) is 0 Å². The third-order valence-corrected chi connectivity index (χ3v) is 2.36. The largest absolute Gasteiger partial charge is 0.501 e. The van der Waals surface area contributed by atoms with Gasteiger partial charge in [-0.1, -0.05) is 44.2 Å². The van der Waals surface area contributed by atoms with Crippen LogP contribution < -0.4 is 11.2 Å². The zero-order chi connectivity index (χ0) is 14.4. The molecule has 0 saturated heterocycles. The quantitative estimate of drug-likeness (QED) is 0.426. The molecule has 0 spiro atoms. The molecule has 102 valence electrons. The van der Waals surface area contributed by atoms with Crippen LogP contribution >= 0.6 is 0 Å². The molecule has 0 unspecified atom stereocenters. The van der Waals surface area contributed by atoms with Gasteiger partial charge in [-0.15, -0.1) is 0 Å². The van der Waals surface area contributed by atoms with Crippen LogP contribution in [0.15, 0.2) is 41.8 Å². The highest BCUT2D eigenvalue weighted by molar-refractivity contribution is 6.17. The molecular weight excluding hydrogens is 246 g/mol. The fourth-order valence-corrected chi connectivity index (χ4v) is 1.56. The van der Waals surface area contributed by atoms with Crippen molar-refractivity contribution in [3.8, 4) is 0 Å². The van der Waals surface area contributed by atoms with Crippen molar-refractivity contribution in [2.45, 2.75) is 20.4 Å². The summed E-state index contributed by atoms with van der Waals surface area (Å²) in [5, 5.41) is 12.4. The number of imide groups is 1. The van der Waals surface area contributed by atoms with E-state index in [0.29, 0.717) is 0 Å². The van der Waals surface area contributed by atoms with Gasteiger partial charge in [-0.3, -0.25) is 19.9 Å². The van der Waals surface area contributed by atoms with Gasteiger partial charge in [0.1, 0.15) is 0 Å². The average molecular weight is 263 g/mol. The fourth-order valence-electron chi connectivity index (χ4n) is 1.56. The summed E-state index contributed by atoms with van der Waals surface area (Å²) in [6.07, 6.45) is 0. The van der Waals surface area contributed by atoms with E-state index in [-0.39, 0.29) is 12.2 Å². The predicted molar refractivity (Wildman–Crippen MR) is 70.3 cm³/mol. The number of nitrogens with zero attached hydrogens (tertiary/aromatic N) is 1. The van der Waals surface area contributed by atoms with Crippen LogP contribution in [-0.4, -0.2) is 21.9 Å². The third kappa shape index (κ3) is 3.32. The van der Waals surface area contributed by atoms with Crippen molar-refractivity contribution in [2.75, 3.05) is 0 Å². The molecule has 6 nitrogen and oxygen atoms in total. The van der Waals surface area contributed by atoms with E-state index in [1.54, 1.807) is 0 Å². The summed E-state index contributed by atoms with van der Waals surface area (Å²) in [5.41, 5.74) is 0.654. The first-order valence-electron chi connectivity index (χ1n) is 5.94. The van der Waals surface area contributed by atoms with Crippen molar-refractivity contribution in [1.29, 1.82) is 0 Å². The van der Waals surface area contributed by atoms with Gasteiger partial charge in [0, 0.05) is 0 Å². The Labute approximate surface area is 111 Å². The Morgan fingerprint density at radius 2 is 1.74 bits per heavy atom. The lowest BCUT2D eigenvalue weighted by molar-refractivity contribution is -0.125. The van der Waals surface area contributed by atoms with Crippen LogP contribution in [-0.2, 0) is 16.1 Å². The first-order chi connectivity index (χ1) is 9.09. The maximum absolute atomic E-state index is 11.4. The number of aliphatic hydroxyl groups excluding tert-OH is 1. The Morgan fingerprint density at radius 3 is 2.21 bits per heavy atom. The molecule has 0 radical (unpaired) electrons.